The van der Waals surface area contributed by atoms with Gasteiger partial charge in [0.2, 0.25) is 0 Å². The topological polar surface area (TPSA) is 167 Å². The highest BCUT2D eigenvalue weighted by Crippen LogP contribution is 2.49. The molecule has 5 aromatic rings. The molecule has 0 spiro atoms. The third-order valence-corrected chi connectivity index (χ3v) is 13.8. The van der Waals surface area contributed by atoms with Crippen molar-refractivity contribution in [2.45, 2.75) is 103 Å². The fourth-order valence-corrected chi connectivity index (χ4v) is 10.2. The van der Waals surface area contributed by atoms with Gasteiger partial charge in [0, 0.05) is 35.9 Å². The molecule has 2 aliphatic heterocycles. The number of fused-ring (bicyclic) bond motifs is 2. The Labute approximate surface area is 373 Å². The van der Waals surface area contributed by atoms with Crippen molar-refractivity contribution in [3.63, 3.8) is 0 Å². The average Bonchev–Trinajstić information content (AvgIpc) is 4.04. The summed E-state index contributed by atoms with van der Waals surface area (Å²) >= 11 is 7.22. The molecule has 13 nitrogen and oxygen atoms in total. The van der Waals surface area contributed by atoms with E-state index in [0.29, 0.717) is 41.2 Å². The van der Waals surface area contributed by atoms with Crippen molar-refractivity contribution in [3.05, 3.63) is 161 Å². The number of alkyl halides is 1. The number of rotatable bonds is 7. The molecule has 10 atom stereocenters. The van der Waals surface area contributed by atoms with Gasteiger partial charge in [-0.3, -0.25) is 28.7 Å². The molecule has 63 heavy (non-hydrogen) atoms. The van der Waals surface area contributed by atoms with E-state index in [2.05, 4.69) is 30.7 Å². The molecule has 3 aromatic carbocycles. The van der Waals surface area contributed by atoms with E-state index in [1.807, 2.05) is 78.9 Å². The fraction of sp³-hybridized carbons (Fsp3) is 0.469. The van der Waals surface area contributed by atoms with Gasteiger partial charge in [0.05, 0.1) is 32.5 Å². The summed E-state index contributed by atoms with van der Waals surface area (Å²) < 4.78 is 25.5. The second-order valence-corrected chi connectivity index (χ2v) is 17.9. The molecule has 4 fully saturated rings. The van der Waals surface area contributed by atoms with Crippen LogP contribution in [0.2, 0.25) is 0 Å². The lowest BCUT2D eigenvalue weighted by atomic mass is 9.84. The quantitative estimate of drug-likeness (QED) is 0.111. The van der Waals surface area contributed by atoms with E-state index >= 15 is 0 Å². The number of aromatic nitrogens is 4. The Bertz CT molecular complexity index is 2370. The van der Waals surface area contributed by atoms with Crippen LogP contribution < -0.4 is 32.0 Å². The van der Waals surface area contributed by atoms with Gasteiger partial charge >= 0.3 is 11.4 Å². The minimum atomic E-state index is -0.778. The highest BCUT2D eigenvalue weighted by molar-refractivity contribution is 6.28. The predicted molar refractivity (Wildman–Crippen MR) is 244 cm³/mol. The number of aliphatic hydroxyl groups is 1. The van der Waals surface area contributed by atoms with E-state index in [-0.39, 0.29) is 54.7 Å². The van der Waals surface area contributed by atoms with Crippen molar-refractivity contribution in [1.29, 1.82) is 0 Å². The number of hydrogen-bond acceptors (Lipinski definition) is 9. The van der Waals surface area contributed by atoms with E-state index in [1.165, 1.54) is 21.8 Å². The van der Waals surface area contributed by atoms with E-state index in [0.717, 1.165) is 41.0 Å². The Hall–Kier alpha value is -5.21. The number of benzene rings is 3. The standard InChI is InChI=1S/C21H19ClO2.C14H20N2O3.C13H18N2O4.CH4/c1-23-19-12-8-17(9-13-19)21(22,16-6-4-3-5-7-16)18-10-14-20(24-2)15-11-18;1-7-4-8(2)12-10(7)5-11(19-12)16-6-9(3)13(17)15-14(16)18;1-6-3-9(16)8-4-10(19-11(6)8)15-5-7(2)12(17)14-13(15)18;/h3-15H,1-2H3;6-8,10-12H,4-5H2,1-3H3,(H,15,17,18);5-6,8-11,16H,3-4H2,1-2H3,(H,14,17,18);1H4/t;7-,8-,10+,11?,12-;6-,8+,9-,10?,11-;/m.11./s1. The zero-order valence-corrected chi connectivity index (χ0v) is 37.0. The van der Waals surface area contributed by atoms with Crippen LogP contribution in [0.4, 0.5) is 0 Å². The van der Waals surface area contributed by atoms with Gasteiger partial charge in [-0.25, -0.2) is 9.59 Å². The van der Waals surface area contributed by atoms with Crippen molar-refractivity contribution >= 4 is 11.6 Å². The third kappa shape index (κ3) is 9.67. The highest BCUT2D eigenvalue weighted by atomic mass is 35.5. The molecule has 2 saturated carbocycles. The van der Waals surface area contributed by atoms with Crippen molar-refractivity contribution in [3.8, 4) is 11.5 Å². The number of aliphatic hydroxyl groups excluding tert-OH is 1. The molecule has 9 rings (SSSR count). The first-order valence-corrected chi connectivity index (χ1v) is 21.7. The van der Waals surface area contributed by atoms with Gasteiger partial charge in [-0.05, 0) is 97.7 Å². The van der Waals surface area contributed by atoms with Gasteiger partial charge in [0.1, 0.15) is 28.8 Å². The summed E-state index contributed by atoms with van der Waals surface area (Å²) in [5.41, 5.74) is 2.50. The second kappa shape index (κ2) is 19.7. The molecular weight excluding hydrogens is 824 g/mol. The van der Waals surface area contributed by atoms with Crippen LogP contribution in [0.3, 0.4) is 0 Å². The van der Waals surface area contributed by atoms with Crippen LogP contribution in [0.5, 0.6) is 11.5 Å². The van der Waals surface area contributed by atoms with Crippen LogP contribution in [0.15, 0.2) is 110 Å². The molecule has 338 valence electrons. The Morgan fingerprint density at radius 2 is 1.03 bits per heavy atom. The maximum Gasteiger partial charge on any atom is 0.330 e. The average molecular weight is 885 g/mol. The number of H-pyrrole nitrogens is 2. The number of nitrogens with zero attached hydrogens (tertiary/aromatic N) is 2. The van der Waals surface area contributed by atoms with E-state index in [9.17, 15) is 24.3 Å². The first-order valence-electron chi connectivity index (χ1n) is 21.3. The molecule has 4 aliphatic rings. The molecule has 2 aromatic heterocycles. The molecule has 2 saturated heterocycles. The SMILES string of the molecule is C.COc1ccc(C(Cl)(c2ccccc2)c2ccc(OC)cc2)cc1.Cc1cn(C2C[C@@H]3[C@H](O2)[C@H](C)C[C@H]3C)c(=O)[nH]c1=O.Cc1cn(C2C[C@@H]3[C@H](O2)[C@H](C)C[C@H]3O)c(=O)[nH]c1=O. The largest absolute Gasteiger partial charge is 0.497 e. The Morgan fingerprint density at radius 1 is 0.619 bits per heavy atom. The Balaban J connectivity index is 0.000000157. The van der Waals surface area contributed by atoms with Gasteiger partial charge in [-0.2, -0.15) is 0 Å². The number of ether oxygens (including phenoxy) is 4. The number of aryl methyl sites for hydroxylation is 2. The Morgan fingerprint density at radius 3 is 1.46 bits per heavy atom. The molecule has 4 heterocycles. The lowest BCUT2D eigenvalue weighted by molar-refractivity contribution is -0.0222. The van der Waals surface area contributed by atoms with Crippen molar-refractivity contribution in [2.75, 3.05) is 14.2 Å². The number of methoxy groups -OCH3 is 2. The fourth-order valence-electron chi connectivity index (χ4n) is 9.81. The third-order valence-electron chi connectivity index (χ3n) is 13.2. The van der Waals surface area contributed by atoms with Crippen LogP contribution in [0.1, 0.15) is 94.2 Å². The van der Waals surface area contributed by atoms with Crippen LogP contribution in [0, 0.1) is 43.4 Å². The maximum atomic E-state index is 11.9. The molecule has 0 bridgehead atoms. The summed E-state index contributed by atoms with van der Waals surface area (Å²) in [5.74, 6) is 3.71. The molecule has 14 heteroatoms. The van der Waals surface area contributed by atoms with Gasteiger partial charge in [0.15, 0.2) is 0 Å². The zero-order chi connectivity index (χ0) is 44.5. The first kappa shape index (κ1) is 47.3. The molecular formula is C49H61ClN4O9. The van der Waals surface area contributed by atoms with Crippen molar-refractivity contribution in [2.24, 2.45) is 29.6 Å². The lowest BCUT2D eigenvalue weighted by Crippen LogP contribution is -2.33. The molecule has 3 N–H and O–H groups in total. The summed E-state index contributed by atoms with van der Waals surface area (Å²) in [6.45, 7) is 9.88. The van der Waals surface area contributed by atoms with Gasteiger partial charge in [0.25, 0.3) is 11.1 Å². The van der Waals surface area contributed by atoms with Crippen LogP contribution >= 0.6 is 11.6 Å². The summed E-state index contributed by atoms with van der Waals surface area (Å²) in [6.07, 6.45) is 5.83. The number of nitrogens with one attached hydrogen (secondary N) is 2. The molecule has 0 amide bonds. The first-order chi connectivity index (χ1) is 29.6. The van der Waals surface area contributed by atoms with E-state index in [4.69, 9.17) is 30.5 Å². The lowest BCUT2D eigenvalue weighted by Gasteiger charge is -2.29. The van der Waals surface area contributed by atoms with Crippen molar-refractivity contribution in [1.82, 2.24) is 19.1 Å². The summed E-state index contributed by atoms with van der Waals surface area (Å²) in [6, 6.07) is 25.8. The minimum Gasteiger partial charge on any atom is -0.497 e. The molecule has 0 radical (unpaired) electrons. The predicted octanol–water partition coefficient (Wildman–Crippen LogP) is 7.44. The van der Waals surface area contributed by atoms with Gasteiger partial charge in [-0.1, -0.05) is 82.8 Å². The number of hydrogen-bond donors (Lipinski definition) is 3. The monoisotopic (exact) mass is 884 g/mol. The van der Waals surface area contributed by atoms with E-state index < -0.39 is 16.8 Å². The normalized spacial score (nSPS) is 26.9. The van der Waals surface area contributed by atoms with Gasteiger partial charge < -0.3 is 24.1 Å². The zero-order valence-electron chi connectivity index (χ0n) is 36.2. The summed E-state index contributed by atoms with van der Waals surface area (Å²) in [4.78, 5) is 50.3. The molecule has 2 unspecified atom stereocenters. The molecule has 2 aliphatic carbocycles. The minimum absolute atomic E-state index is 0. The maximum absolute atomic E-state index is 11.9. The van der Waals surface area contributed by atoms with Gasteiger partial charge in [-0.15, -0.1) is 11.6 Å². The highest BCUT2D eigenvalue weighted by Gasteiger charge is 2.49. The summed E-state index contributed by atoms with van der Waals surface area (Å²) in [7, 11) is 3.31. The second-order valence-electron chi connectivity index (χ2n) is 17.3. The Kier molecular flexibility index (Phi) is 14.8. The van der Waals surface area contributed by atoms with Crippen LogP contribution in [-0.2, 0) is 14.3 Å². The van der Waals surface area contributed by atoms with E-state index in [1.54, 1.807) is 34.3 Å². The van der Waals surface area contributed by atoms with Crippen LogP contribution in [-0.4, -0.2) is 56.7 Å². The summed E-state index contributed by atoms with van der Waals surface area (Å²) in [5, 5.41) is 9.98. The van der Waals surface area contributed by atoms with Crippen molar-refractivity contribution < 1.29 is 24.1 Å². The smallest absolute Gasteiger partial charge is 0.330 e. The number of halogens is 1. The van der Waals surface area contributed by atoms with Crippen LogP contribution in [0.25, 0.3) is 0 Å². The number of aromatic amines is 2.